The van der Waals surface area contributed by atoms with Gasteiger partial charge in [0.05, 0.1) is 24.8 Å². The Morgan fingerprint density at radius 2 is 2.38 bits per heavy atom. The summed E-state index contributed by atoms with van der Waals surface area (Å²) in [6.45, 7) is 2.78. The predicted molar refractivity (Wildman–Crippen MR) is 81.0 cm³/mol. The van der Waals surface area contributed by atoms with Crippen LogP contribution in [0.3, 0.4) is 0 Å². The lowest BCUT2D eigenvalue weighted by atomic mass is 10.0. The van der Waals surface area contributed by atoms with E-state index in [2.05, 4.69) is 10.3 Å². The smallest absolute Gasteiger partial charge is 0.360 e. The molecule has 2 aromatic rings. The Bertz CT molecular complexity index is 641. The van der Waals surface area contributed by atoms with E-state index in [1.807, 2.05) is 24.3 Å². The van der Waals surface area contributed by atoms with Crippen molar-refractivity contribution in [1.82, 2.24) is 4.98 Å². The van der Waals surface area contributed by atoms with E-state index in [9.17, 15) is 4.79 Å². The number of hydrogen-bond donors (Lipinski definition) is 1. The second-order valence-electron chi connectivity index (χ2n) is 4.62. The van der Waals surface area contributed by atoms with E-state index in [-0.39, 0.29) is 12.0 Å². The van der Waals surface area contributed by atoms with Crippen LogP contribution in [-0.4, -0.2) is 24.2 Å². The number of thiazole rings is 1. The van der Waals surface area contributed by atoms with Gasteiger partial charge in [-0.25, -0.2) is 9.78 Å². The standard InChI is InChI=1S/C15H16N2O3S/c1-2-19-15(18)13-14(21-9-16-13)17-11-7-8-20-12-6-4-3-5-10(11)12/h3-6,9,11,17H,2,7-8H2,1H3. The highest BCUT2D eigenvalue weighted by Crippen LogP contribution is 2.35. The number of anilines is 1. The fourth-order valence-corrected chi connectivity index (χ4v) is 3.07. The minimum absolute atomic E-state index is 0.114. The van der Waals surface area contributed by atoms with Crippen LogP contribution in [-0.2, 0) is 4.74 Å². The van der Waals surface area contributed by atoms with Crippen LogP contribution in [0.4, 0.5) is 5.00 Å². The van der Waals surface area contributed by atoms with E-state index in [1.54, 1.807) is 12.4 Å². The van der Waals surface area contributed by atoms with Crippen LogP contribution < -0.4 is 10.1 Å². The average Bonchev–Trinajstić information content (AvgIpc) is 2.96. The molecule has 110 valence electrons. The summed E-state index contributed by atoms with van der Waals surface area (Å²) in [7, 11) is 0. The second-order valence-corrected chi connectivity index (χ2v) is 5.48. The number of benzene rings is 1. The van der Waals surface area contributed by atoms with E-state index in [0.717, 1.165) is 22.7 Å². The first kappa shape index (κ1) is 13.9. The molecule has 0 radical (unpaired) electrons. The van der Waals surface area contributed by atoms with Crippen molar-refractivity contribution in [2.75, 3.05) is 18.5 Å². The molecule has 1 atom stereocenters. The summed E-state index contributed by atoms with van der Waals surface area (Å²) in [4.78, 5) is 16.0. The summed E-state index contributed by atoms with van der Waals surface area (Å²) in [5.41, 5.74) is 3.11. The summed E-state index contributed by atoms with van der Waals surface area (Å²) in [6, 6.07) is 8.06. The van der Waals surface area contributed by atoms with Crippen molar-refractivity contribution in [3.8, 4) is 5.75 Å². The summed E-state index contributed by atoms with van der Waals surface area (Å²) < 4.78 is 10.7. The van der Waals surface area contributed by atoms with Gasteiger partial charge in [0.15, 0.2) is 5.69 Å². The highest BCUT2D eigenvalue weighted by Gasteiger charge is 2.24. The Labute approximate surface area is 126 Å². The molecule has 0 saturated carbocycles. The van der Waals surface area contributed by atoms with Gasteiger partial charge in [-0.15, -0.1) is 11.3 Å². The molecule has 1 aromatic heterocycles. The molecule has 6 heteroatoms. The Morgan fingerprint density at radius 1 is 1.52 bits per heavy atom. The lowest BCUT2D eigenvalue weighted by molar-refractivity contribution is 0.0521. The number of fused-ring (bicyclic) bond motifs is 1. The molecule has 1 aliphatic rings. The molecule has 0 spiro atoms. The van der Waals surface area contributed by atoms with Gasteiger partial charge in [0.25, 0.3) is 0 Å². The fourth-order valence-electron chi connectivity index (χ4n) is 2.34. The molecule has 0 saturated heterocycles. The van der Waals surface area contributed by atoms with Crippen molar-refractivity contribution in [3.05, 3.63) is 41.0 Å². The maximum Gasteiger partial charge on any atom is 0.360 e. The quantitative estimate of drug-likeness (QED) is 0.879. The number of aromatic nitrogens is 1. The molecule has 1 aliphatic heterocycles. The molecule has 1 unspecified atom stereocenters. The van der Waals surface area contributed by atoms with E-state index in [0.29, 0.717) is 18.9 Å². The minimum Gasteiger partial charge on any atom is -0.493 e. The number of nitrogens with one attached hydrogen (secondary N) is 1. The molecule has 2 heterocycles. The zero-order chi connectivity index (χ0) is 14.7. The highest BCUT2D eigenvalue weighted by molar-refractivity contribution is 7.14. The zero-order valence-corrected chi connectivity index (χ0v) is 12.5. The SMILES string of the molecule is CCOC(=O)c1ncsc1NC1CCOc2ccccc21. The van der Waals surface area contributed by atoms with Gasteiger partial charge in [-0.2, -0.15) is 0 Å². The Hall–Kier alpha value is -2.08. The van der Waals surface area contributed by atoms with Gasteiger partial charge in [-0.1, -0.05) is 18.2 Å². The maximum atomic E-state index is 11.9. The van der Waals surface area contributed by atoms with Crippen molar-refractivity contribution < 1.29 is 14.3 Å². The molecule has 0 bridgehead atoms. The number of esters is 1. The van der Waals surface area contributed by atoms with Gasteiger partial charge >= 0.3 is 5.97 Å². The van der Waals surface area contributed by atoms with Crippen molar-refractivity contribution in [3.63, 3.8) is 0 Å². The maximum absolute atomic E-state index is 11.9. The number of nitrogens with zero attached hydrogens (tertiary/aromatic N) is 1. The molecule has 3 rings (SSSR count). The third kappa shape index (κ3) is 2.85. The lowest BCUT2D eigenvalue weighted by Gasteiger charge is -2.26. The summed E-state index contributed by atoms with van der Waals surface area (Å²) in [5.74, 6) is 0.505. The first-order chi connectivity index (χ1) is 10.3. The van der Waals surface area contributed by atoms with Gasteiger partial charge in [-0.05, 0) is 13.0 Å². The molecular formula is C15H16N2O3S. The van der Waals surface area contributed by atoms with Crippen LogP contribution in [0.1, 0.15) is 35.4 Å². The van der Waals surface area contributed by atoms with Gasteiger partial charge < -0.3 is 14.8 Å². The number of carbonyl (C=O) groups is 1. The molecule has 1 N–H and O–H groups in total. The number of hydrogen-bond acceptors (Lipinski definition) is 6. The second kappa shape index (κ2) is 6.13. The molecule has 21 heavy (non-hydrogen) atoms. The van der Waals surface area contributed by atoms with Crippen molar-refractivity contribution in [2.24, 2.45) is 0 Å². The van der Waals surface area contributed by atoms with Crippen molar-refractivity contribution in [1.29, 1.82) is 0 Å². The Morgan fingerprint density at radius 3 is 3.24 bits per heavy atom. The zero-order valence-electron chi connectivity index (χ0n) is 11.7. The van der Waals surface area contributed by atoms with E-state index >= 15 is 0 Å². The third-order valence-corrected chi connectivity index (χ3v) is 4.06. The number of para-hydroxylation sites is 1. The van der Waals surface area contributed by atoms with Crippen LogP contribution in [0.5, 0.6) is 5.75 Å². The molecule has 0 fully saturated rings. The predicted octanol–water partition coefficient (Wildman–Crippen LogP) is 3.26. The number of ether oxygens (including phenoxy) is 2. The largest absolute Gasteiger partial charge is 0.493 e. The van der Waals surface area contributed by atoms with Gasteiger partial charge in [-0.3, -0.25) is 0 Å². The first-order valence-electron chi connectivity index (χ1n) is 6.88. The normalized spacial score (nSPS) is 16.7. The fraction of sp³-hybridized carbons (Fsp3) is 0.333. The molecule has 0 aliphatic carbocycles. The lowest BCUT2D eigenvalue weighted by Crippen LogP contribution is -2.21. The van der Waals surface area contributed by atoms with Crippen LogP contribution in [0.2, 0.25) is 0 Å². The Kier molecular flexibility index (Phi) is 4.06. The minimum atomic E-state index is -0.387. The third-order valence-electron chi connectivity index (χ3n) is 3.30. The van der Waals surface area contributed by atoms with Crippen LogP contribution in [0.25, 0.3) is 0 Å². The number of rotatable bonds is 4. The van der Waals surface area contributed by atoms with Crippen LogP contribution >= 0.6 is 11.3 Å². The summed E-state index contributed by atoms with van der Waals surface area (Å²) in [5, 5.41) is 4.15. The van der Waals surface area contributed by atoms with Crippen molar-refractivity contribution >= 4 is 22.3 Å². The summed E-state index contributed by atoms with van der Waals surface area (Å²) in [6.07, 6.45) is 0.844. The van der Waals surface area contributed by atoms with Gasteiger partial charge in [0.2, 0.25) is 0 Å². The van der Waals surface area contributed by atoms with Crippen LogP contribution in [0.15, 0.2) is 29.8 Å². The number of carbonyl (C=O) groups excluding carboxylic acids is 1. The Balaban J connectivity index is 1.82. The molecule has 5 nitrogen and oxygen atoms in total. The topological polar surface area (TPSA) is 60.5 Å². The van der Waals surface area contributed by atoms with E-state index in [4.69, 9.17) is 9.47 Å². The van der Waals surface area contributed by atoms with Crippen molar-refractivity contribution in [2.45, 2.75) is 19.4 Å². The monoisotopic (exact) mass is 304 g/mol. The molecule has 1 aromatic carbocycles. The van der Waals surface area contributed by atoms with Gasteiger partial charge in [0.1, 0.15) is 10.8 Å². The molecular weight excluding hydrogens is 288 g/mol. The highest BCUT2D eigenvalue weighted by atomic mass is 32.1. The van der Waals surface area contributed by atoms with E-state index < -0.39 is 0 Å². The summed E-state index contributed by atoms with van der Waals surface area (Å²) >= 11 is 1.41. The first-order valence-corrected chi connectivity index (χ1v) is 7.76. The van der Waals surface area contributed by atoms with E-state index in [1.165, 1.54) is 11.3 Å². The average molecular weight is 304 g/mol. The van der Waals surface area contributed by atoms with Gasteiger partial charge in [0, 0.05) is 12.0 Å². The van der Waals surface area contributed by atoms with Crippen LogP contribution in [0, 0.1) is 0 Å². The molecule has 0 amide bonds.